The summed E-state index contributed by atoms with van der Waals surface area (Å²) in [6.07, 6.45) is -2.73. The second kappa shape index (κ2) is 9.31. The topological polar surface area (TPSA) is 90.6 Å². The van der Waals surface area contributed by atoms with E-state index in [0.29, 0.717) is 29.9 Å². The van der Waals surface area contributed by atoms with Crippen LogP contribution >= 0.6 is 0 Å². The van der Waals surface area contributed by atoms with Crippen LogP contribution in [-0.2, 0) is 9.53 Å². The van der Waals surface area contributed by atoms with Gasteiger partial charge >= 0.3 is 0 Å². The zero-order valence-electron chi connectivity index (χ0n) is 17.5. The zero-order chi connectivity index (χ0) is 22.7. The first-order chi connectivity index (χ1) is 15.4. The van der Waals surface area contributed by atoms with Crippen LogP contribution in [0.4, 0.5) is 20.2 Å². The molecule has 1 aromatic heterocycles. The Morgan fingerprint density at radius 3 is 2.59 bits per heavy atom. The highest BCUT2D eigenvalue weighted by Gasteiger charge is 2.18. The maximum absolute atomic E-state index is 12.8. The van der Waals surface area contributed by atoms with Gasteiger partial charge in [-0.2, -0.15) is 0 Å². The molecule has 0 bridgehead atoms. The molecule has 1 aliphatic heterocycles. The molecule has 0 radical (unpaired) electrons. The smallest absolute Gasteiger partial charge is 0.295 e. The lowest BCUT2D eigenvalue weighted by Gasteiger charge is -2.28. The molecular formula is C22H23F2N5O3. The van der Waals surface area contributed by atoms with Crippen molar-refractivity contribution >= 4 is 34.2 Å². The molecule has 32 heavy (non-hydrogen) atoms. The van der Waals surface area contributed by atoms with Gasteiger partial charge in [-0.3, -0.25) is 9.59 Å². The molecule has 2 N–H and O–H groups in total. The number of amides is 2. The third-order valence-corrected chi connectivity index (χ3v) is 5.21. The number of ether oxygens (including phenoxy) is 1. The number of carbonyl (C=O) groups is 2. The maximum atomic E-state index is 12.8. The largest absolute Gasteiger partial charge is 0.378 e. The minimum atomic E-state index is -2.73. The van der Waals surface area contributed by atoms with Crippen molar-refractivity contribution in [3.8, 4) is 0 Å². The van der Waals surface area contributed by atoms with Crippen molar-refractivity contribution in [2.45, 2.75) is 6.43 Å². The predicted molar refractivity (Wildman–Crippen MR) is 116 cm³/mol. The minimum absolute atomic E-state index is 0.159. The van der Waals surface area contributed by atoms with E-state index < -0.39 is 18.2 Å². The van der Waals surface area contributed by atoms with Crippen LogP contribution in [0.15, 0.2) is 42.5 Å². The first-order valence-electron chi connectivity index (χ1n) is 10.2. The average Bonchev–Trinajstić information content (AvgIpc) is 3.23. The summed E-state index contributed by atoms with van der Waals surface area (Å²) in [5, 5.41) is 2.78. The maximum Gasteiger partial charge on any atom is 0.295 e. The van der Waals surface area contributed by atoms with Gasteiger partial charge in [0.25, 0.3) is 12.3 Å². The van der Waals surface area contributed by atoms with E-state index in [1.54, 1.807) is 0 Å². The molecular weight excluding hydrogens is 420 g/mol. The number of fused-ring (bicyclic) bond motifs is 1. The summed E-state index contributed by atoms with van der Waals surface area (Å²) in [5.41, 5.74) is 2.64. The van der Waals surface area contributed by atoms with Gasteiger partial charge in [0, 0.05) is 37.1 Å². The summed E-state index contributed by atoms with van der Waals surface area (Å²) in [6, 6.07) is 11.9. The number of imidazole rings is 1. The van der Waals surface area contributed by atoms with Crippen molar-refractivity contribution in [3.63, 3.8) is 0 Å². The monoisotopic (exact) mass is 443 g/mol. The number of aromatic nitrogens is 2. The number of alkyl halides is 2. The molecule has 0 aliphatic carbocycles. The standard InChI is InChI=1S/C22H23F2N5O3/c1-28(22(31)14-2-7-17-18(12-14)27-21(26-17)20(23)24)13-19(30)25-15-3-5-16(6-4-15)29-8-10-32-11-9-29/h2-7,12,20H,8-11,13H2,1H3,(H,25,30)(H,26,27). The van der Waals surface area contributed by atoms with Crippen LogP contribution in [0.25, 0.3) is 11.0 Å². The Bertz CT molecular complexity index is 1110. The normalized spacial score (nSPS) is 14.1. The molecule has 2 aromatic carbocycles. The number of nitrogens with zero attached hydrogens (tertiary/aromatic N) is 3. The lowest BCUT2D eigenvalue weighted by molar-refractivity contribution is -0.116. The van der Waals surface area contributed by atoms with Crippen molar-refractivity contribution in [2.24, 2.45) is 0 Å². The van der Waals surface area contributed by atoms with Crippen LogP contribution in [-0.4, -0.2) is 66.6 Å². The van der Waals surface area contributed by atoms with Crippen LogP contribution in [0.1, 0.15) is 22.6 Å². The quantitative estimate of drug-likeness (QED) is 0.611. The van der Waals surface area contributed by atoms with Gasteiger partial charge in [0.2, 0.25) is 5.91 Å². The zero-order valence-corrected chi connectivity index (χ0v) is 17.5. The SMILES string of the molecule is CN(CC(=O)Nc1ccc(N2CCOCC2)cc1)C(=O)c1ccc2nc(C(F)F)[nH]c2c1. The number of halogens is 2. The van der Waals surface area contributed by atoms with E-state index in [-0.39, 0.29) is 18.0 Å². The second-order valence-corrected chi connectivity index (χ2v) is 7.51. The second-order valence-electron chi connectivity index (χ2n) is 7.51. The molecule has 1 fully saturated rings. The van der Waals surface area contributed by atoms with Crippen LogP contribution in [0, 0.1) is 0 Å². The van der Waals surface area contributed by atoms with Gasteiger partial charge in [-0.1, -0.05) is 0 Å². The number of H-pyrrole nitrogens is 1. The lowest BCUT2D eigenvalue weighted by atomic mass is 10.2. The van der Waals surface area contributed by atoms with E-state index in [0.717, 1.165) is 18.8 Å². The number of nitrogens with one attached hydrogen (secondary N) is 2. The highest BCUT2D eigenvalue weighted by Crippen LogP contribution is 2.21. The number of hydrogen-bond acceptors (Lipinski definition) is 5. The van der Waals surface area contributed by atoms with Crippen LogP contribution in [0.5, 0.6) is 0 Å². The molecule has 2 amide bonds. The fourth-order valence-corrected chi connectivity index (χ4v) is 3.55. The number of carbonyl (C=O) groups excluding carboxylic acids is 2. The van der Waals surface area contributed by atoms with Gasteiger partial charge in [-0.25, -0.2) is 13.8 Å². The summed E-state index contributed by atoms with van der Waals surface area (Å²) in [5.74, 6) is -1.20. The van der Waals surface area contributed by atoms with Crippen molar-refractivity contribution in [1.29, 1.82) is 0 Å². The molecule has 0 atom stereocenters. The average molecular weight is 443 g/mol. The van der Waals surface area contributed by atoms with Gasteiger partial charge in [-0.15, -0.1) is 0 Å². The number of rotatable bonds is 6. The fraction of sp³-hybridized carbons (Fsp3) is 0.318. The van der Waals surface area contributed by atoms with Crippen molar-refractivity contribution in [2.75, 3.05) is 50.1 Å². The van der Waals surface area contributed by atoms with Crippen molar-refractivity contribution < 1.29 is 23.1 Å². The van der Waals surface area contributed by atoms with Crippen LogP contribution in [0.3, 0.4) is 0 Å². The van der Waals surface area contributed by atoms with Gasteiger partial charge < -0.3 is 24.8 Å². The van der Waals surface area contributed by atoms with Gasteiger partial charge in [0.1, 0.15) is 0 Å². The summed E-state index contributed by atoms with van der Waals surface area (Å²) in [4.78, 5) is 34.9. The number of aromatic amines is 1. The van der Waals surface area contributed by atoms with E-state index in [1.165, 1.54) is 30.1 Å². The summed E-state index contributed by atoms with van der Waals surface area (Å²) < 4.78 is 31.0. The van der Waals surface area contributed by atoms with E-state index in [9.17, 15) is 18.4 Å². The summed E-state index contributed by atoms with van der Waals surface area (Å²) in [6.45, 7) is 2.88. The van der Waals surface area contributed by atoms with Gasteiger partial charge in [-0.05, 0) is 42.5 Å². The Morgan fingerprint density at radius 2 is 1.91 bits per heavy atom. The molecule has 10 heteroatoms. The Balaban J connectivity index is 1.35. The van der Waals surface area contributed by atoms with E-state index in [2.05, 4.69) is 20.2 Å². The number of anilines is 2. The molecule has 0 spiro atoms. The highest BCUT2D eigenvalue weighted by atomic mass is 19.3. The Labute approximate surface area is 183 Å². The van der Waals surface area contributed by atoms with Gasteiger partial charge in [0.05, 0.1) is 30.8 Å². The Hall–Kier alpha value is -3.53. The van der Waals surface area contributed by atoms with Crippen LogP contribution < -0.4 is 10.2 Å². The van der Waals surface area contributed by atoms with E-state index in [1.807, 2.05) is 24.3 Å². The molecule has 3 aromatic rings. The molecule has 0 unspecified atom stereocenters. The van der Waals surface area contributed by atoms with Crippen molar-refractivity contribution in [1.82, 2.24) is 14.9 Å². The van der Waals surface area contributed by atoms with Crippen LogP contribution in [0.2, 0.25) is 0 Å². The third kappa shape index (κ3) is 4.86. The molecule has 8 nitrogen and oxygen atoms in total. The first kappa shape index (κ1) is 21.7. The number of benzene rings is 2. The molecule has 1 aliphatic rings. The minimum Gasteiger partial charge on any atom is -0.378 e. The molecule has 1 saturated heterocycles. The lowest BCUT2D eigenvalue weighted by Crippen LogP contribution is -2.36. The molecule has 168 valence electrons. The van der Waals surface area contributed by atoms with E-state index >= 15 is 0 Å². The molecule has 2 heterocycles. The third-order valence-electron chi connectivity index (χ3n) is 5.21. The summed E-state index contributed by atoms with van der Waals surface area (Å²) >= 11 is 0. The number of likely N-dealkylation sites (N-methyl/N-ethyl adjacent to an activating group) is 1. The number of morpholine rings is 1. The Morgan fingerprint density at radius 1 is 1.19 bits per heavy atom. The van der Waals surface area contributed by atoms with Gasteiger partial charge in [0.15, 0.2) is 5.82 Å². The van der Waals surface area contributed by atoms with E-state index in [4.69, 9.17) is 4.74 Å². The highest BCUT2D eigenvalue weighted by molar-refractivity contribution is 6.00. The molecule has 0 saturated carbocycles. The summed E-state index contributed by atoms with van der Waals surface area (Å²) in [7, 11) is 1.51. The first-order valence-corrected chi connectivity index (χ1v) is 10.2. The Kier molecular flexibility index (Phi) is 6.31. The molecule has 4 rings (SSSR count). The fourth-order valence-electron chi connectivity index (χ4n) is 3.55. The van der Waals surface area contributed by atoms with Crippen molar-refractivity contribution in [3.05, 3.63) is 53.9 Å². The number of hydrogen-bond donors (Lipinski definition) is 2. The predicted octanol–water partition coefficient (Wildman–Crippen LogP) is 3.05.